The van der Waals surface area contributed by atoms with Gasteiger partial charge in [-0.25, -0.2) is 0 Å². The third-order valence-electron chi connectivity index (χ3n) is 3.50. The van der Waals surface area contributed by atoms with Crippen molar-refractivity contribution in [3.8, 4) is 11.5 Å². The van der Waals surface area contributed by atoms with Crippen molar-refractivity contribution in [2.75, 3.05) is 17.7 Å². The number of nitrogens with one attached hydrogen (secondary N) is 2. The van der Waals surface area contributed by atoms with Gasteiger partial charge in [-0.3, -0.25) is 9.59 Å². The summed E-state index contributed by atoms with van der Waals surface area (Å²) >= 11 is 0. The van der Waals surface area contributed by atoms with Crippen molar-refractivity contribution >= 4 is 23.2 Å². The highest BCUT2D eigenvalue weighted by molar-refractivity contribution is 6.05. The second-order valence-corrected chi connectivity index (χ2v) is 5.15. The van der Waals surface area contributed by atoms with E-state index in [1.54, 1.807) is 56.5 Å². The number of hydrogen-bond acceptors (Lipinski definition) is 4. The molecule has 2 N–H and O–H groups in total. The molecule has 23 heavy (non-hydrogen) atoms. The van der Waals surface area contributed by atoms with Crippen molar-refractivity contribution < 1.29 is 19.1 Å². The first kappa shape index (κ1) is 14.9. The topological polar surface area (TPSA) is 76.7 Å². The molecule has 1 aliphatic rings. The Hall–Kier alpha value is -3.02. The minimum absolute atomic E-state index is 0.214. The molecule has 0 spiro atoms. The lowest BCUT2D eigenvalue weighted by atomic mass is 10.1. The van der Waals surface area contributed by atoms with E-state index in [0.29, 0.717) is 28.4 Å². The van der Waals surface area contributed by atoms with E-state index in [9.17, 15) is 9.59 Å². The Morgan fingerprint density at radius 2 is 2.09 bits per heavy atom. The molecule has 0 unspecified atom stereocenters. The zero-order chi connectivity index (χ0) is 16.4. The van der Waals surface area contributed by atoms with Gasteiger partial charge in [-0.1, -0.05) is 6.07 Å². The van der Waals surface area contributed by atoms with Crippen LogP contribution in [0.2, 0.25) is 0 Å². The first-order valence-corrected chi connectivity index (χ1v) is 7.14. The van der Waals surface area contributed by atoms with Crippen molar-refractivity contribution in [2.24, 2.45) is 0 Å². The number of benzene rings is 2. The molecule has 1 heterocycles. The van der Waals surface area contributed by atoms with E-state index in [2.05, 4.69) is 10.6 Å². The van der Waals surface area contributed by atoms with Crippen molar-refractivity contribution in [3.05, 3.63) is 48.0 Å². The maximum Gasteiger partial charge on any atom is 0.265 e. The molecule has 0 bridgehead atoms. The Bertz CT molecular complexity index is 773. The summed E-state index contributed by atoms with van der Waals surface area (Å²) in [6.07, 6.45) is -0.528. The summed E-state index contributed by atoms with van der Waals surface area (Å²) in [4.78, 5) is 23.9. The number of methoxy groups -OCH3 is 1. The number of rotatable bonds is 3. The second-order valence-electron chi connectivity index (χ2n) is 5.15. The van der Waals surface area contributed by atoms with Gasteiger partial charge in [-0.2, -0.15) is 0 Å². The van der Waals surface area contributed by atoms with Crippen LogP contribution < -0.4 is 20.1 Å². The predicted molar refractivity (Wildman–Crippen MR) is 86.1 cm³/mol. The van der Waals surface area contributed by atoms with Gasteiger partial charge in [-0.15, -0.1) is 0 Å². The highest BCUT2D eigenvalue weighted by atomic mass is 16.5. The summed E-state index contributed by atoms with van der Waals surface area (Å²) in [5.41, 5.74) is 1.59. The van der Waals surface area contributed by atoms with Crippen LogP contribution in [0.15, 0.2) is 42.5 Å². The number of hydrogen-bond donors (Lipinski definition) is 2. The van der Waals surface area contributed by atoms with Gasteiger partial charge >= 0.3 is 0 Å². The van der Waals surface area contributed by atoms with Gasteiger partial charge in [0.15, 0.2) is 6.10 Å². The molecule has 2 aromatic carbocycles. The number of ether oxygens (including phenoxy) is 2. The molecule has 6 heteroatoms. The molecule has 1 atom stereocenters. The highest BCUT2D eigenvalue weighted by Gasteiger charge is 2.23. The summed E-state index contributed by atoms with van der Waals surface area (Å²) in [6, 6.07) is 12.0. The van der Waals surface area contributed by atoms with E-state index in [-0.39, 0.29) is 11.8 Å². The Kier molecular flexibility index (Phi) is 3.89. The maximum atomic E-state index is 12.3. The lowest BCUT2D eigenvalue weighted by Crippen LogP contribution is -2.34. The van der Waals surface area contributed by atoms with Crippen LogP contribution in [-0.4, -0.2) is 25.0 Å². The number of anilines is 2. The molecular weight excluding hydrogens is 296 g/mol. The lowest BCUT2D eigenvalue weighted by Gasteiger charge is -2.23. The van der Waals surface area contributed by atoms with Gasteiger partial charge in [0, 0.05) is 11.3 Å². The van der Waals surface area contributed by atoms with E-state index >= 15 is 0 Å². The average Bonchev–Trinajstić information content (AvgIpc) is 2.56. The standard InChI is InChI=1S/C17H16N2O4/c1-10-16(20)19-14-9-12(6-7-15(14)23-10)18-17(21)11-4-3-5-13(8-11)22-2/h3-10H,1-2H3,(H,18,21)(H,19,20)/t10-/m0/s1. The minimum Gasteiger partial charge on any atom is -0.497 e. The van der Waals surface area contributed by atoms with E-state index in [1.807, 2.05) is 0 Å². The lowest BCUT2D eigenvalue weighted by molar-refractivity contribution is -0.122. The van der Waals surface area contributed by atoms with Crippen molar-refractivity contribution in [2.45, 2.75) is 13.0 Å². The fourth-order valence-electron chi connectivity index (χ4n) is 2.25. The van der Waals surface area contributed by atoms with Gasteiger partial charge in [0.25, 0.3) is 11.8 Å². The molecule has 0 aromatic heterocycles. The summed E-state index contributed by atoms with van der Waals surface area (Å²) in [5, 5.41) is 5.53. The Labute approximate surface area is 133 Å². The quantitative estimate of drug-likeness (QED) is 0.913. The van der Waals surface area contributed by atoms with E-state index < -0.39 is 6.10 Å². The maximum absolute atomic E-state index is 12.3. The van der Waals surface area contributed by atoms with Gasteiger partial charge < -0.3 is 20.1 Å². The molecule has 118 valence electrons. The monoisotopic (exact) mass is 312 g/mol. The molecule has 0 saturated heterocycles. The van der Waals surface area contributed by atoms with E-state index in [0.717, 1.165) is 0 Å². The van der Waals surface area contributed by atoms with Crippen molar-refractivity contribution in [1.29, 1.82) is 0 Å². The molecule has 2 amide bonds. The van der Waals surface area contributed by atoms with Gasteiger partial charge in [0.05, 0.1) is 12.8 Å². The summed E-state index contributed by atoms with van der Waals surface area (Å²) in [5.74, 6) is 0.711. The molecule has 6 nitrogen and oxygen atoms in total. The number of carbonyl (C=O) groups is 2. The fraction of sp³-hybridized carbons (Fsp3) is 0.176. The molecule has 2 aromatic rings. The Morgan fingerprint density at radius 1 is 1.26 bits per heavy atom. The van der Waals surface area contributed by atoms with Crippen LogP contribution in [0.5, 0.6) is 11.5 Å². The third-order valence-corrected chi connectivity index (χ3v) is 3.50. The summed E-state index contributed by atoms with van der Waals surface area (Å²) in [7, 11) is 1.55. The average molecular weight is 312 g/mol. The fourth-order valence-corrected chi connectivity index (χ4v) is 2.25. The van der Waals surface area contributed by atoms with Gasteiger partial charge in [0.1, 0.15) is 11.5 Å². The van der Waals surface area contributed by atoms with Gasteiger partial charge in [0.2, 0.25) is 0 Å². The van der Waals surface area contributed by atoms with Crippen LogP contribution in [0.3, 0.4) is 0 Å². The van der Waals surface area contributed by atoms with Crippen LogP contribution in [-0.2, 0) is 4.79 Å². The van der Waals surface area contributed by atoms with E-state index in [4.69, 9.17) is 9.47 Å². The first-order chi connectivity index (χ1) is 11.1. The molecule has 0 fully saturated rings. The van der Waals surface area contributed by atoms with Crippen LogP contribution in [0.1, 0.15) is 17.3 Å². The molecule has 1 aliphatic heterocycles. The zero-order valence-electron chi connectivity index (χ0n) is 12.8. The molecular formula is C17H16N2O4. The number of amides is 2. The third kappa shape index (κ3) is 3.11. The van der Waals surface area contributed by atoms with Crippen molar-refractivity contribution in [3.63, 3.8) is 0 Å². The second kappa shape index (κ2) is 6.00. The Balaban J connectivity index is 1.79. The van der Waals surface area contributed by atoms with Crippen molar-refractivity contribution in [1.82, 2.24) is 0 Å². The zero-order valence-corrected chi connectivity index (χ0v) is 12.8. The van der Waals surface area contributed by atoms with Crippen LogP contribution in [0, 0.1) is 0 Å². The molecule has 3 rings (SSSR count). The Morgan fingerprint density at radius 3 is 2.87 bits per heavy atom. The normalized spacial score (nSPS) is 15.9. The predicted octanol–water partition coefficient (Wildman–Crippen LogP) is 2.67. The smallest absolute Gasteiger partial charge is 0.265 e. The van der Waals surface area contributed by atoms with Gasteiger partial charge in [-0.05, 0) is 43.3 Å². The van der Waals surface area contributed by atoms with Crippen LogP contribution >= 0.6 is 0 Å². The molecule has 0 radical (unpaired) electrons. The van der Waals surface area contributed by atoms with Crippen LogP contribution in [0.4, 0.5) is 11.4 Å². The largest absolute Gasteiger partial charge is 0.497 e. The van der Waals surface area contributed by atoms with Crippen LogP contribution in [0.25, 0.3) is 0 Å². The summed E-state index contributed by atoms with van der Waals surface area (Å²) in [6.45, 7) is 1.68. The minimum atomic E-state index is -0.528. The summed E-state index contributed by atoms with van der Waals surface area (Å²) < 4.78 is 10.6. The molecule has 0 aliphatic carbocycles. The first-order valence-electron chi connectivity index (χ1n) is 7.14. The van der Waals surface area contributed by atoms with E-state index in [1.165, 1.54) is 0 Å². The number of fused-ring (bicyclic) bond motifs is 1. The molecule has 0 saturated carbocycles. The highest BCUT2D eigenvalue weighted by Crippen LogP contribution is 2.32. The number of carbonyl (C=O) groups excluding carboxylic acids is 2. The SMILES string of the molecule is COc1cccc(C(=O)Nc2ccc3c(c2)NC(=O)[C@H](C)O3)c1.